The smallest absolute Gasteiger partial charge is 0.00128 e. The Hall–Kier alpha value is -0.0400. The first-order chi connectivity index (χ1) is 9.56. The third-order valence-corrected chi connectivity index (χ3v) is 6.81. The zero-order chi connectivity index (χ0) is 14.3. The maximum absolute atomic E-state index is 2.84. The summed E-state index contributed by atoms with van der Waals surface area (Å²) in [6.07, 6.45) is 7.46. The fraction of sp³-hybridized carbons (Fsp3) is 1.00. The average molecular weight is 277 g/mol. The summed E-state index contributed by atoms with van der Waals surface area (Å²) in [4.78, 5) is 2.84. The van der Waals surface area contributed by atoms with Gasteiger partial charge in [0.05, 0.1) is 0 Å². The first-order valence-corrected chi connectivity index (χ1v) is 9.29. The van der Waals surface area contributed by atoms with Crippen LogP contribution in [0.2, 0.25) is 0 Å². The van der Waals surface area contributed by atoms with Crippen molar-refractivity contribution >= 4 is 0 Å². The van der Waals surface area contributed by atoms with E-state index in [1.165, 1.54) is 45.3 Å². The molecule has 0 radical (unpaired) electrons. The van der Waals surface area contributed by atoms with E-state index in [0.29, 0.717) is 0 Å². The van der Waals surface area contributed by atoms with Crippen LogP contribution in [0.1, 0.15) is 59.8 Å². The normalized spacial score (nSPS) is 45.5. The van der Waals surface area contributed by atoms with Crippen LogP contribution in [-0.2, 0) is 0 Å². The van der Waals surface area contributed by atoms with Gasteiger partial charge in [0.25, 0.3) is 0 Å². The maximum Gasteiger partial charge on any atom is 0.00128 e. The zero-order valence-electron chi connectivity index (χ0n) is 14.1. The van der Waals surface area contributed by atoms with Crippen LogP contribution in [0, 0.1) is 41.4 Å². The molecule has 1 heteroatoms. The molecule has 1 nitrogen and oxygen atoms in total. The first-order valence-electron chi connectivity index (χ1n) is 9.29. The topological polar surface area (TPSA) is 3.24 Å². The van der Waals surface area contributed by atoms with Gasteiger partial charge in [0, 0.05) is 19.6 Å². The van der Waals surface area contributed by atoms with Gasteiger partial charge >= 0.3 is 0 Å². The molecule has 0 spiro atoms. The lowest BCUT2D eigenvalue weighted by Gasteiger charge is -2.54. The number of hydrogen-bond acceptors (Lipinski definition) is 1. The molecule has 0 N–H and O–H groups in total. The molecule has 2 bridgehead atoms. The summed E-state index contributed by atoms with van der Waals surface area (Å²) in [5.74, 6) is 7.03. The SMILES string of the molecule is CCC1C2CC1CN(CC1CC(C)CC(C(C)C)C1)C2. The third-order valence-electron chi connectivity index (χ3n) is 6.81. The van der Waals surface area contributed by atoms with E-state index in [1.54, 1.807) is 6.42 Å². The molecule has 2 aliphatic carbocycles. The molecule has 4 aliphatic rings. The summed E-state index contributed by atoms with van der Waals surface area (Å²) in [7, 11) is 0. The minimum Gasteiger partial charge on any atom is -0.302 e. The largest absolute Gasteiger partial charge is 0.302 e. The zero-order valence-corrected chi connectivity index (χ0v) is 14.1. The number of hydrogen-bond donors (Lipinski definition) is 0. The van der Waals surface area contributed by atoms with Crippen molar-refractivity contribution in [2.24, 2.45) is 41.4 Å². The van der Waals surface area contributed by atoms with Gasteiger partial charge in [-0.15, -0.1) is 0 Å². The molecule has 2 saturated carbocycles. The van der Waals surface area contributed by atoms with E-state index in [2.05, 4.69) is 32.6 Å². The van der Waals surface area contributed by atoms with Crippen molar-refractivity contribution in [2.45, 2.75) is 59.8 Å². The van der Waals surface area contributed by atoms with Crippen LogP contribution in [0.3, 0.4) is 0 Å². The summed E-state index contributed by atoms with van der Waals surface area (Å²) in [5.41, 5.74) is 0. The summed E-state index contributed by atoms with van der Waals surface area (Å²) < 4.78 is 0. The predicted octanol–water partition coefficient (Wildman–Crippen LogP) is 4.67. The second-order valence-corrected chi connectivity index (χ2v) is 8.73. The molecule has 4 fully saturated rings. The molecule has 0 aromatic heterocycles. The van der Waals surface area contributed by atoms with Crippen molar-refractivity contribution in [3.63, 3.8) is 0 Å². The Morgan fingerprint density at radius 1 is 1.00 bits per heavy atom. The van der Waals surface area contributed by atoms with Crippen LogP contribution in [0.4, 0.5) is 0 Å². The minimum atomic E-state index is 0.888. The molecule has 0 amide bonds. The monoisotopic (exact) mass is 277 g/mol. The molecule has 0 aromatic carbocycles. The van der Waals surface area contributed by atoms with E-state index in [1.807, 2.05) is 0 Å². The number of fused-ring (bicyclic) bond motifs is 2. The molecular weight excluding hydrogens is 242 g/mol. The Labute approximate surface area is 126 Å². The van der Waals surface area contributed by atoms with Crippen molar-refractivity contribution in [1.82, 2.24) is 4.90 Å². The lowest BCUT2D eigenvalue weighted by Crippen LogP contribution is -2.56. The number of piperidine rings is 2. The molecule has 0 aromatic rings. The van der Waals surface area contributed by atoms with Crippen LogP contribution in [0.25, 0.3) is 0 Å². The van der Waals surface area contributed by atoms with E-state index in [9.17, 15) is 0 Å². The van der Waals surface area contributed by atoms with E-state index in [4.69, 9.17) is 0 Å². The van der Waals surface area contributed by atoms with Gasteiger partial charge in [0.1, 0.15) is 0 Å². The second-order valence-electron chi connectivity index (χ2n) is 8.73. The highest BCUT2D eigenvalue weighted by Crippen LogP contribution is 2.47. The van der Waals surface area contributed by atoms with Crippen LogP contribution >= 0.6 is 0 Å². The molecule has 2 aliphatic heterocycles. The molecule has 4 rings (SSSR count). The van der Waals surface area contributed by atoms with E-state index in [-0.39, 0.29) is 0 Å². The Morgan fingerprint density at radius 3 is 2.30 bits per heavy atom. The Kier molecular flexibility index (Phi) is 4.45. The van der Waals surface area contributed by atoms with Crippen molar-refractivity contribution in [3.05, 3.63) is 0 Å². The van der Waals surface area contributed by atoms with Crippen LogP contribution in [-0.4, -0.2) is 24.5 Å². The molecule has 20 heavy (non-hydrogen) atoms. The highest BCUT2D eigenvalue weighted by atomic mass is 15.2. The van der Waals surface area contributed by atoms with Gasteiger partial charge in [-0.3, -0.25) is 0 Å². The Bertz CT molecular complexity index is 312. The van der Waals surface area contributed by atoms with Gasteiger partial charge in [-0.05, 0) is 67.1 Å². The van der Waals surface area contributed by atoms with Crippen LogP contribution in [0.5, 0.6) is 0 Å². The quantitative estimate of drug-likeness (QED) is 0.721. The predicted molar refractivity (Wildman–Crippen MR) is 86.7 cm³/mol. The summed E-state index contributed by atoms with van der Waals surface area (Å²) in [6.45, 7) is 14.0. The number of rotatable bonds is 4. The van der Waals surface area contributed by atoms with Gasteiger partial charge in [-0.2, -0.15) is 0 Å². The fourth-order valence-electron chi connectivity index (χ4n) is 5.76. The van der Waals surface area contributed by atoms with Crippen molar-refractivity contribution in [3.8, 4) is 0 Å². The molecule has 116 valence electrons. The van der Waals surface area contributed by atoms with Crippen LogP contribution in [0.15, 0.2) is 0 Å². The minimum absolute atomic E-state index is 0.888. The molecular formula is C19H35N. The highest BCUT2D eigenvalue weighted by molar-refractivity contribution is 4.97. The third kappa shape index (κ3) is 2.93. The first kappa shape index (κ1) is 14.9. The van der Waals surface area contributed by atoms with Crippen molar-refractivity contribution < 1.29 is 0 Å². The standard InChI is InChI=1S/C19H35N/c1-5-19-17-9-18(19)12-20(11-17)10-15-6-14(4)7-16(8-15)13(2)3/h13-19H,5-12H2,1-4H3. The number of nitrogens with zero attached hydrogens (tertiary/aromatic N) is 1. The molecule has 5 atom stereocenters. The lowest BCUT2D eigenvalue weighted by molar-refractivity contribution is -0.0539. The molecule has 5 unspecified atom stereocenters. The van der Waals surface area contributed by atoms with Gasteiger partial charge in [-0.1, -0.05) is 34.1 Å². The van der Waals surface area contributed by atoms with Gasteiger partial charge in [0.2, 0.25) is 0 Å². The highest BCUT2D eigenvalue weighted by Gasteiger charge is 2.45. The van der Waals surface area contributed by atoms with Crippen molar-refractivity contribution in [2.75, 3.05) is 19.6 Å². The molecule has 2 heterocycles. The van der Waals surface area contributed by atoms with E-state index in [0.717, 1.165) is 41.4 Å². The summed E-state index contributed by atoms with van der Waals surface area (Å²) >= 11 is 0. The fourth-order valence-corrected chi connectivity index (χ4v) is 5.76. The van der Waals surface area contributed by atoms with E-state index < -0.39 is 0 Å². The van der Waals surface area contributed by atoms with Gasteiger partial charge < -0.3 is 4.90 Å². The van der Waals surface area contributed by atoms with Gasteiger partial charge in [0.15, 0.2) is 0 Å². The lowest BCUT2D eigenvalue weighted by atomic mass is 9.60. The van der Waals surface area contributed by atoms with Crippen LogP contribution < -0.4 is 0 Å². The second kappa shape index (κ2) is 5.99. The summed E-state index contributed by atoms with van der Waals surface area (Å²) in [6, 6.07) is 0. The maximum atomic E-state index is 2.84. The van der Waals surface area contributed by atoms with Gasteiger partial charge in [-0.25, -0.2) is 0 Å². The Morgan fingerprint density at radius 2 is 1.70 bits per heavy atom. The molecule has 2 saturated heterocycles. The average Bonchev–Trinajstić information content (AvgIpc) is 2.38. The summed E-state index contributed by atoms with van der Waals surface area (Å²) in [5, 5.41) is 0. The van der Waals surface area contributed by atoms with E-state index >= 15 is 0 Å². The van der Waals surface area contributed by atoms with Crippen molar-refractivity contribution in [1.29, 1.82) is 0 Å². The Balaban J connectivity index is 1.51.